The molecule has 1 aromatic heterocycles. The maximum atomic E-state index is 11.7. The maximum absolute atomic E-state index is 11.7. The third kappa shape index (κ3) is 5.77. The molecule has 8 heteroatoms. The molecule has 0 aliphatic carbocycles. The van der Waals surface area contributed by atoms with Gasteiger partial charge in [0.05, 0.1) is 37.7 Å². The predicted octanol–water partition coefficient (Wildman–Crippen LogP) is 1.57. The molecule has 3 rings (SSSR count). The zero-order valence-corrected chi connectivity index (χ0v) is 14.8. The summed E-state index contributed by atoms with van der Waals surface area (Å²) in [5.74, 6) is 0.655. The molecule has 7 nitrogen and oxygen atoms in total. The van der Waals surface area contributed by atoms with Crippen LogP contribution in [-0.2, 0) is 11.3 Å². The fourth-order valence-electron chi connectivity index (χ4n) is 2.53. The Kier molecular flexibility index (Phi) is 6.72. The molecule has 1 aliphatic heterocycles. The highest BCUT2D eigenvalue weighted by molar-refractivity contribution is 6.99. The van der Waals surface area contributed by atoms with Gasteiger partial charge in [0.1, 0.15) is 5.75 Å². The van der Waals surface area contributed by atoms with Crippen molar-refractivity contribution in [1.29, 1.82) is 0 Å². The summed E-state index contributed by atoms with van der Waals surface area (Å²) >= 11 is 1.03. The number of carbonyl (C=O) groups excluding carboxylic acids is 1. The Morgan fingerprint density at radius 1 is 1.28 bits per heavy atom. The van der Waals surface area contributed by atoms with Crippen LogP contribution in [0.15, 0.2) is 30.5 Å². The van der Waals surface area contributed by atoms with Crippen LogP contribution in [0, 0.1) is 0 Å². The lowest BCUT2D eigenvalue weighted by atomic mass is 10.2. The van der Waals surface area contributed by atoms with Crippen molar-refractivity contribution in [2.75, 3.05) is 39.5 Å². The Balaban J connectivity index is 1.32. The topological polar surface area (TPSA) is 76.6 Å². The van der Waals surface area contributed by atoms with Gasteiger partial charge in [0.25, 0.3) is 5.91 Å². The van der Waals surface area contributed by atoms with Crippen LogP contribution in [0.5, 0.6) is 5.75 Å². The van der Waals surface area contributed by atoms with E-state index < -0.39 is 0 Å². The highest BCUT2D eigenvalue weighted by Crippen LogP contribution is 2.14. The van der Waals surface area contributed by atoms with Gasteiger partial charge in [0.2, 0.25) is 0 Å². The van der Waals surface area contributed by atoms with Gasteiger partial charge in [0.15, 0.2) is 5.69 Å². The Morgan fingerprint density at radius 2 is 2.08 bits per heavy atom. The van der Waals surface area contributed by atoms with Gasteiger partial charge in [0, 0.05) is 26.2 Å². The monoisotopic (exact) mass is 362 g/mol. The molecule has 25 heavy (non-hydrogen) atoms. The maximum Gasteiger partial charge on any atom is 0.272 e. The van der Waals surface area contributed by atoms with Crippen molar-refractivity contribution in [3.8, 4) is 5.75 Å². The lowest BCUT2D eigenvalue weighted by Gasteiger charge is -2.26. The number of nitrogens with zero attached hydrogens (tertiary/aromatic N) is 3. The number of ether oxygens (including phenoxy) is 2. The highest BCUT2D eigenvalue weighted by atomic mass is 32.1. The molecule has 0 unspecified atom stereocenters. The summed E-state index contributed by atoms with van der Waals surface area (Å²) < 4.78 is 18.8. The van der Waals surface area contributed by atoms with Gasteiger partial charge in [-0.25, -0.2) is 0 Å². The molecule has 1 saturated heterocycles. The summed E-state index contributed by atoms with van der Waals surface area (Å²) in [6.07, 6.45) is 2.20. The van der Waals surface area contributed by atoms with E-state index in [0.29, 0.717) is 18.8 Å². The normalized spacial score (nSPS) is 15.0. The van der Waals surface area contributed by atoms with E-state index in [0.717, 1.165) is 56.7 Å². The zero-order valence-electron chi connectivity index (χ0n) is 14.0. The molecule has 0 saturated carbocycles. The lowest BCUT2D eigenvalue weighted by Crippen LogP contribution is -2.35. The third-order valence-electron chi connectivity index (χ3n) is 3.90. The van der Waals surface area contributed by atoms with Crippen molar-refractivity contribution in [3.05, 3.63) is 41.7 Å². The first-order valence-corrected chi connectivity index (χ1v) is 9.12. The molecule has 1 amide bonds. The summed E-state index contributed by atoms with van der Waals surface area (Å²) in [6, 6.07) is 8.19. The van der Waals surface area contributed by atoms with Crippen molar-refractivity contribution >= 4 is 17.6 Å². The standard InChI is InChI=1S/C17H22N4O3S/c22-17(16-12-19-25-20-16)18-6-1-9-24-15-4-2-14(3-5-15)13-21-7-10-23-11-8-21/h2-5,12H,1,6-11,13H2,(H,18,22). The largest absolute Gasteiger partial charge is 0.494 e. The van der Waals surface area contributed by atoms with E-state index in [1.807, 2.05) is 12.1 Å². The number of morpholine rings is 1. The second-order valence-electron chi connectivity index (χ2n) is 5.78. The average Bonchev–Trinajstić information content (AvgIpc) is 3.18. The second kappa shape index (κ2) is 9.45. The minimum Gasteiger partial charge on any atom is -0.494 e. The Morgan fingerprint density at radius 3 is 2.80 bits per heavy atom. The van der Waals surface area contributed by atoms with Crippen LogP contribution in [0.25, 0.3) is 0 Å². The van der Waals surface area contributed by atoms with Crippen LogP contribution in [0.4, 0.5) is 0 Å². The number of nitrogens with one attached hydrogen (secondary N) is 1. The van der Waals surface area contributed by atoms with E-state index in [-0.39, 0.29) is 5.91 Å². The van der Waals surface area contributed by atoms with Gasteiger partial charge in [-0.05, 0) is 24.1 Å². The number of rotatable bonds is 8. The van der Waals surface area contributed by atoms with Gasteiger partial charge >= 0.3 is 0 Å². The van der Waals surface area contributed by atoms with Crippen molar-refractivity contribution in [1.82, 2.24) is 19.0 Å². The smallest absolute Gasteiger partial charge is 0.272 e. The van der Waals surface area contributed by atoms with Crippen LogP contribution in [0.1, 0.15) is 22.5 Å². The van der Waals surface area contributed by atoms with Gasteiger partial charge in [-0.3, -0.25) is 9.69 Å². The van der Waals surface area contributed by atoms with E-state index in [1.54, 1.807) is 0 Å². The summed E-state index contributed by atoms with van der Waals surface area (Å²) in [7, 11) is 0. The molecule has 0 bridgehead atoms. The number of carbonyl (C=O) groups is 1. The third-order valence-corrected chi connectivity index (χ3v) is 4.38. The Labute approximate surface area is 151 Å². The molecule has 1 N–H and O–H groups in total. The average molecular weight is 362 g/mol. The van der Waals surface area contributed by atoms with Crippen LogP contribution in [0.3, 0.4) is 0 Å². The molecule has 2 heterocycles. The molecule has 0 atom stereocenters. The van der Waals surface area contributed by atoms with Gasteiger partial charge < -0.3 is 14.8 Å². The molecule has 1 aliphatic rings. The molecule has 1 fully saturated rings. The first-order chi connectivity index (χ1) is 12.3. The minimum absolute atomic E-state index is 0.193. The second-order valence-corrected chi connectivity index (χ2v) is 6.34. The quantitative estimate of drug-likeness (QED) is 0.719. The molecular weight excluding hydrogens is 340 g/mol. The van der Waals surface area contributed by atoms with Crippen LogP contribution in [0.2, 0.25) is 0 Å². The predicted molar refractivity (Wildman–Crippen MR) is 94.9 cm³/mol. The number of hydrogen-bond acceptors (Lipinski definition) is 7. The molecule has 134 valence electrons. The van der Waals surface area contributed by atoms with Crippen molar-refractivity contribution in [3.63, 3.8) is 0 Å². The fourth-order valence-corrected chi connectivity index (χ4v) is 2.94. The number of benzene rings is 1. The van der Waals surface area contributed by atoms with Gasteiger partial charge in [-0.1, -0.05) is 12.1 Å². The van der Waals surface area contributed by atoms with Crippen LogP contribution in [-0.4, -0.2) is 59.0 Å². The summed E-state index contributed by atoms with van der Waals surface area (Å²) in [4.78, 5) is 14.1. The van der Waals surface area contributed by atoms with E-state index in [9.17, 15) is 4.79 Å². The Bertz CT molecular complexity index is 642. The highest BCUT2D eigenvalue weighted by Gasteiger charge is 2.10. The molecule has 2 aromatic rings. The number of hydrogen-bond donors (Lipinski definition) is 1. The van der Waals surface area contributed by atoms with E-state index in [2.05, 4.69) is 31.1 Å². The van der Waals surface area contributed by atoms with Crippen molar-refractivity contribution < 1.29 is 14.3 Å². The van der Waals surface area contributed by atoms with Crippen molar-refractivity contribution in [2.24, 2.45) is 0 Å². The molecule has 0 spiro atoms. The summed E-state index contributed by atoms with van der Waals surface area (Å²) in [5.41, 5.74) is 1.64. The fraction of sp³-hybridized carbons (Fsp3) is 0.471. The summed E-state index contributed by atoms with van der Waals surface area (Å²) in [6.45, 7) is 5.65. The van der Waals surface area contributed by atoms with Crippen LogP contribution >= 0.6 is 11.7 Å². The van der Waals surface area contributed by atoms with E-state index >= 15 is 0 Å². The number of aromatic nitrogens is 2. The molecular formula is C17H22N4O3S. The van der Waals surface area contributed by atoms with E-state index in [4.69, 9.17) is 9.47 Å². The van der Waals surface area contributed by atoms with Crippen molar-refractivity contribution in [2.45, 2.75) is 13.0 Å². The Hall–Kier alpha value is -2.03. The zero-order chi connectivity index (χ0) is 17.3. The minimum atomic E-state index is -0.193. The molecule has 0 radical (unpaired) electrons. The first-order valence-electron chi connectivity index (χ1n) is 8.39. The molecule has 1 aromatic carbocycles. The van der Waals surface area contributed by atoms with Crippen LogP contribution < -0.4 is 10.1 Å². The summed E-state index contributed by atoms with van der Waals surface area (Å²) in [5, 5.41) is 2.80. The first kappa shape index (κ1) is 17.8. The SMILES string of the molecule is O=C(NCCCOc1ccc(CN2CCOCC2)cc1)c1cnsn1. The number of amides is 1. The van der Waals surface area contributed by atoms with Gasteiger partial charge in [-0.15, -0.1) is 0 Å². The lowest BCUT2D eigenvalue weighted by molar-refractivity contribution is 0.0342. The van der Waals surface area contributed by atoms with E-state index in [1.165, 1.54) is 11.8 Å². The van der Waals surface area contributed by atoms with Gasteiger partial charge in [-0.2, -0.15) is 8.75 Å².